The zero-order valence-electron chi connectivity index (χ0n) is 79.7. The van der Waals surface area contributed by atoms with Gasteiger partial charge in [0, 0.05) is 89.4 Å². The van der Waals surface area contributed by atoms with Crippen molar-refractivity contribution in [3.8, 4) is 67.2 Å². The second-order valence-electron chi connectivity index (χ2n) is 27.5. The van der Waals surface area contributed by atoms with Crippen LogP contribution in [0.15, 0.2) is 232 Å². The van der Waals surface area contributed by atoms with E-state index in [4.69, 9.17) is 61.8 Å². The summed E-state index contributed by atoms with van der Waals surface area (Å²) in [6.45, 7) is 34.8. The minimum Gasteiger partial charge on any atom is -0.456 e. The number of hydrogen-bond donors (Lipinski definition) is 0. The largest absolute Gasteiger partial charge is 0.456 e. The molecule has 0 amide bonds. The molecule has 506 valence electrons. The Kier molecular flexibility index (Phi) is 12.7. The predicted molar refractivity (Wildman–Crippen MR) is 420 cm³/mol. The number of furan rings is 3. The van der Waals surface area contributed by atoms with Crippen LogP contribution in [0.2, 0.25) is 0 Å². The number of aromatic nitrogens is 3. The lowest BCUT2D eigenvalue weighted by atomic mass is 9.84. The molecule has 6 aromatic heterocycles. The van der Waals surface area contributed by atoms with Gasteiger partial charge in [0.15, 0.2) is 35.7 Å². The molecule has 15 aromatic rings. The molecule has 2 aliphatic carbocycles. The number of nitrogens with zero attached hydrogens (tertiary/aromatic N) is 6. The van der Waals surface area contributed by atoms with Crippen molar-refractivity contribution >= 4 is 82.9 Å². The molecule has 0 N–H and O–H groups in total. The summed E-state index contributed by atoms with van der Waals surface area (Å²) in [5.41, 5.74) is 11.6. The SMILES string of the molecule is [2H]c1c([2H])c([2H])c(-c2c([N+]#[C-])ccc3c2oc2c(-c4ccc(C([2H])([2H])C(C)(C)C)c[n+]4C)c(C)ccc23)c([2H])c1[2H].[2H]c1cc(-c2c(C)ccc3c2oc2c(-c4c([2H])c([2H])c([2H])c([2H])c4[2H])c([N+]#[C-])ccc23)[n+](C)cc1C1([2H])CCCC1.[2H]c1cc(-c2c(C)ccc3c2oc2c(-c4c([2H])c([2H])c([2H])c([2H])c4[2H])c([N+]#[C-])ccc23)[n+](C)cc1C1([2H])CCCCC1. The summed E-state index contributed by atoms with van der Waals surface area (Å²) in [7, 11) is 5.65. The molecule has 0 radical (unpaired) electrons. The topological polar surface area (TPSA) is 64.1 Å². The van der Waals surface area contributed by atoms with Crippen LogP contribution < -0.4 is 13.7 Å². The third-order valence-corrected chi connectivity index (χ3v) is 19.6. The van der Waals surface area contributed by atoms with E-state index >= 15 is 0 Å². The monoisotopic (exact) mass is 1370 g/mol. The van der Waals surface area contributed by atoms with Gasteiger partial charge >= 0.3 is 0 Å². The Hall–Kier alpha value is -11.7. The van der Waals surface area contributed by atoms with Crippen LogP contribution in [0.4, 0.5) is 17.1 Å². The maximum Gasteiger partial charge on any atom is 0.216 e. The molecule has 2 fully saturated rings. The first-order valence-corrected chi connectivity index (χ1v) is 34.4. The zero-order valence-corrected chi connectivity index (χ0v) is 58.7. The van der Waals surface area contributed by atoms with Crippen molar-refractivity contribution in [1.29, 1.82) is 0 Å². The highest BCUT2D eigenvalue weighted by molar-refractivity contribution is 6.18. The Morgan fingerprint density at radius 2 is 0.689 bits per heavy atom. The second kappa shape index (κ2) is 28.0. The van der Waals surface area contributed by atoms with Crippen molar-refractivity contribution < 1.29 is 55.7 Å². The Morgan fingerprint density at radius 3 is 1.01 bits per heavy atom. The Labute approximate surface area is 633 Å². The molecule has 0 atom stereocenters. The van der Waals surface area contributed by atoms with Crippen molar-refractivity contribution in [2.45, 2.75) is 117 Å². The van der Waals surface area contributed by atoms with Crippen LogP contribution in [0.25, 0.3) is 148 Å². The standard InChI is InChI=1S/C32H29N2O.C31H27N2O.C31H29N2O/c1-21-14-16-25-26-17-18-27(33-2)30(23-12-8-5-9-13-23)32(26)35-31(25)29(21)28-19-15-24(20-34(28)3)22-10-6-4-7-11-22;1-20-13-15-24-25-16-17-26(32-2)29(22-11-5-4-6-12-22)31(25)34-30(24)28(20)27-18-14-23(19-33(27)3)21-9-7-8-10-21;1-20-12-14-23-24-15-16-25(32-5)28(22-10-8-7-9-11-22)30(24)34-29(23)27(20)26-17-13-21(19-33(26)6)18-31(2,3)4/h5,8-9,12-20,22H,4,6-7,10-11H2,1,3H3;4-6,11-19,21H,7-10H2,1,3H3;7-17,19H,18H2,1-4,6H3/q3*+1/i5D,8D,9D,12D,13D,15D,22D;4D,5D,6D,11D,12D,14D,21D;7D,8D,9D,10D,11D,18D2. The highest BCUT2D eigenvalue weighted by Crippen LogP contribution is 2.49. The summed E-state index contributed by atoms with van der Waals surface area (Å²) < 4.78 is 203. The van der Waals surface area contributed by atoms with Crippen LogP contribution in [-0.4, -0.2) is 0 Å². The average Bonchev–Trinajstić information content (AvgIpc) is 1.55. The summed E-state index contributed by atoms with van der Waals surface area (Å²) in [6.07, 6.45) is 12.0. The fraction of sp³-hybridized carbons (Fsp3) is 0.234. The molecule has 17 rings (SSSR count). The highest BCUT2D eigenvalue weighted by atomic mass is 16.3. The first kappa shape index (κ1) is 46.7. The van der Waals surface area contributed by atoms with Crippen molar-refractivity contribution in [1.82, 2.24) is 0 Å². The van der Waals surface area contributed by atoms with Crippen LogP contribution >= 0.6 is 0 Å². The molecule has 103 heavy (non-hydrogen) atoms. The van der Waals surface area contributed by atoms with Gasteiger partial charge < -0.3 is 13.3 Å². The fourth-order valence-electron chi connectivity index (χ4n) is 14.7. The number of hydrogen-bond acceptors (Lipinski definition) is 3. The molecule has 9 heteroatoms. The lowest BCUT2D eigenvalue weighted by Crippen LogP contribution is -2.32. The molecule has 2 aliphatic rings. The van der Waals surface area contributed by atoms with Gasteiger partial charge in [-0.25, -0.2) is 28.2 Å². The molecular weight excluding hydrogens is 1260 g/mol. The van der Waals surface area contributed by atoms with Crippen molar-refractivity contribution in [2.24, 2.45) is 26.6 Å². The molecular formula is C94H85N6O3+3. The van der Waals surface area contributed by atoms with E-state index in [2.05, 4.69) is 14.5 Å². The van der Waals surface area contributed by atoms with Gasteiger partial charge in [0.1, 0.15) is 54.6 Å². The second-order valence-corrected chi connectivity index (χ2v) is 27.5. The van der Waals surface area contributed by atoms with Gasteiger partial charge in [-0.1, -0.05) is 216 Å². The van der Waals surface area contributed by atoms with Gasteiger partial charge in [-0.05, 0) is 122 Å². The number of pyridine rings is 3. The molecule has 9 aromatic carbocycles. The van der Waals surface area contributed by atoms with Crippen LogP contribution in [0.5, 0.6) is 0 Å². The van der Waals surface area contributed by atoms with E-state index in [1.807, 2.05) is 131 Å². The highest BCUT2D eigenvalue weighted by Gasteiger charge is 2.30. The van der Waals surface area contributed by atoms with Crippen molar-refractivity contribution in [3.05, 3.63) is 286 Å². The summed E-state index contributed by atoms with van der Waals surface area (Å²) in [6, 6.07) is 22.7. The third-order valence-electron chi connectivity index (χ3n) is 19.6. The summed E-state index contributed by atoms with van der Waals surface area (Å²) >= 11 is 0. The molecule has 9 nitrogen and oxygen atoms in total. The van der Waals surface area contributed by atoms with Gasteiger partial charge in [-0.15, -0.1) is 0 Å². The molecule has 0 aliphatic heterocycles. The van der Waals surface area contributed by atoms with Gasteiger partial charge in [0.2, 0.25) is 17.1 Å². The summed E-state index contributed by atoms with van der Waals surface area (Å²) in [4.78, 5) is 10.8. The normalized spacial score (nSPS) is 17.1. The summed E-state index contributed by atoms with van der Waals surface area (Å²) in [5.74, 6) is -1.54. The first-order valence-electron chi connectivity index (χ1n) is 44.9. The van der Waals surface area contributed by atoms with E-state index in [0.29, 0.717) is 61.7 Å². The van der Waals surface area contributed by atoms with E-state index in [1.54, 1.807) is 60.8 Å². The average molecular weight is 1370 g/mol. The van der Waals surface area contributed by atoms with E-state index in [9.17, 15) is 0 Å². The predicted octanol–water partition coefficient (Wildman–Crippen LogP) is 25.1. The molecule has 0 unspecified atom stereocenters. The van der Waals surface area contributed by atoms with E-state index in [1.165, 1.54) is 0 Å². The van der Waals surface area contributed by atoms with Gasteiger partial charge in [-0.3, -0.25) is 0 Å². The number of fused-ring (bicyclic) bond motifs is 9. The minimum absolute atomic E-state index is 0.0773. The zero-order chi connectivity index (χ0) is 89.6. The van der Waals surface area contributed by atoms with Gasteiger partial charge in [0.05, 0.1) is 59.7 Å². The fourth-order valence-corrected chi connectivity index (χ4v) is 14.7. The van der Waals surface area contributed by atoms with Crippen LogP contribution in [0.1, 0.15) is 153 Å². The molecule has 0 saturated heterocycles. The van der Waals surface area contributed by atoms with E-state index in [-0.39, 0.29) is 67.2 Å². The minimum atomic E-state index is -1.57. The van der Waals surface area contributed by atoms with Crippen LogP contribution in [0.3, 0.4) is 0 Å². The molecule has 0 spiro atoms. The maximum absolute atomic E-state index is 9.10. The maximum atomic E-state index is 9.10. The smallest absolute Gasteiger partial charge is 0.216 e. The molecule has 0 bridgehead atoms. The van der Waals surface area contributed by atoms with E-state index < -0.39 is 114 Å². The number of rotatable bonds is 9. The lowest BCUT2D eigenvalue weighted by Gasteiger charge is -2.21. The Morgan fingerprint density at radius 1 is 0.388 bits per heavy atom. The van der Waals surface area contributed by atoms with Crippen molar-refractivity contribution in [2.75, 3.05) is 0 Å². The number of aryl methyl sites for hydroxylation is 6. The molecule has 6 heterocycles. The third kappa shape index (κ3) is 12.7. The molecule has 2 saturated carbocycles. The Balaban J connectivity index is 0.000000144. The van der Waals surface area contributed by atoms with Gasteiger partial charge in [0.25, 0.3) is 0 Å². The first-order chi connectivity index (χ1) is 58.6. The van der Waals surface area contributed by atoms with Crippen LogP contribution in [0, 0.1) is 45.9 Å². The lowest BCUT2D eigenvalue weighted by molar-refractivity contribution is -0.661. The van der Waals surface area contributed by atoms with Gasteiger partial charge in [-0.2, -0.15) is 0 Å². The number of benzene rings is 9. The van der Waals surface area contributed by atoms with E-state index in [0.717, 1.165) is 124 Å². The Bertz CT molecular complexity index is 7160. The summed E-state index contributed by atoms with van der Waals surface area (Å²) in [5, 5.41) is 4.19. The van der Waals surface area contributed by atoms with Crippen molar-refractivity contribution in [3.63, 3.8) is 0 Å². The van der Waals surface area contributed by atoms with Crippen LogP contribution in [-0.2, 0) is 27.5 Å². The quantitative estimate of drug-likeness (QED) is 0.107.